The number of aromatic nitrogens is 1. The third-order valence-electron chi connectivity index (χ3n) is 3.60. The normalized spacial score (nSPS) is 17.4. The summed E-state index contributed by atoms with van der Waals surface area (Å²) in [5.41, 5.74) is 1.66. The zero-order chi connectivity index (χ0) is 15.0. The molecule has 0 bridgehead atoms. The second-order valence-corrected chi connectivity index (χ2v) is 6.86. The van der Waals surface area contributed by atoms with E-state index in [1.807, 2.05) is 6.92 Å². The minimum atomic E-state index is -0.489. The lowest BCUT2D eigenvalue weighted by Gasteiger charge is -2.20. The number of fused-ring (bicyclic) bond motifs is 1. The number of nitrogens with one attached hydrogen (secondary N) is 1. The van der Waals surface area contributed by atoms with Crippen molar-refractivity contribution in [1.29, 1.82) is 0 Å². The van der Waals surface area contributed by atoms with E-state index in [1.165, 1.54) is 23.1 Å². The van der Waals surface area contributed by atoms with Crippen molar-refractivity contribution >= 4 is 34.5 Å². The largest absolute Gasteiger partial charge is 0.326 e. The van der Waals surface area contributed by atoms with Crippen molar-refractivity contribution in [2.45, 2.75) is 26.2 Å². The van der Waals surface area contributed by atoms with E-state index in [-0.39, 0.29) is 16.8 Å². The lowest BCUT2D eigenvalue weighted by molar-refractivity contribution is -0.120. The Morgan fingerprint density at radius 3 is 3.10 bits per heavy atom. The van der Waals surface area contributed by atoms with Crippen LogP contribution in [0.3, 0.4) is 0 Å². The number of carbonyl (C=O) groups is 1. The molecule has 0 spiro atoms. The van der Waals surface area contributed by atoms with Crippen LogP contribution in [0.15, 0.2) is 18.2 Å². The third-order valence-corrected chi connectivity index (χ3v) is 4.93. The molecule has 1 heterocycles. The number of rotatable bonds is 2. The molecule has 0 aliphatic heterocycles. The first-order valence-electron chi connectivity index (χ1n) is 6.74. The van der Waals surface area contributed by atoms with Crippen molar-refractivity contribution in [1.82, 2.24) is 4.98 Å². The second kappa shape index (κ2) is 5.73. The maximum atomic E-state index is 13.1. The Balaban J connectivity index is 1.70. The van der Waals surface area contributed by atoms with Gasteiger partial charge in [-0.05, 0) is 44.4 Å². The number of anilines is 1. The van der Waals surface area contributed by atoms with Gasteiger partial charge >= 0.3 is 0 Å². The molecule has 21 heavy (non-hydrogen) atoms. The van der Waals surface area contributed by atoms with Gasteiger partial charge in [-0.25, -0.2) is 9.37 Å². The zero-order valence-corrected chi connectivity index (χ0v) is 13.0. The van der Waals surface area contributed by atoms with Gasteiger partial charge in [-0.3, -0.25) is 4.79 Å². The van der Waals surface area contributed by atoms with E-state index in [2.05, 4.69) is 10.3 Å². The van der Waals surface area contributed by atoms with Crippen molar-refractivity contribution in [2.75, 3.05) is 5.32 Å². The Labute approximate surface area is 131 Å². The fourth-order valence-electron chi connectivity index (χ4n) is 2.55. The van der Waals surface area contributed by atoms with Gasteiger partial charge in [-0.1, -0.05) is 11.6 Å². The molecule has 110 valence electrons. The molecule has 1 atom stereocenters. The number of aryl methyl sites for hydroxylation is 2. The summed E-state index contributed by atoms with van der Waals surface area (Å²) in [6.45, 7) is 1.98. The number of amides is 1. The van der Waals surface area contributed by atoms with Crippen LogP contribution >= 0.6 is 22.9 Å². The van der Waals surface area contributed by atoms with E-state index in [9.17, 15) is 9.18 Å². The zero-order valence-electron chi connectivity index (χ0n) is 11.5. The summed E-state index contributed by atoms with van der Waals surface area (Å²) in [5.74, 6) is -0.604. The maximum absolute atomic E-state index is 13.1. The molecule has 1 aliphatic rings. The molecule has 1 unspecified atom stereocenters. The summed E-state index contributed by atoms with van der Waals surface area (Å²) in [6.07, 6.45) is 2.35. The smallest absolute Gasteiger partial charge is 0.227 e. The number of hydrogen-bond acceptors (Lipinski definition) is 3. The van der Waals surface area contributed by atoms with Crippen LogP contribution in [-0.2, 0) is 17.6 Å². The molecule has 0 saturated heterocycles. The van der Waals surface area contributed by atoms with Crippen molar-refractivity contribution in [3.05, 3.63) is 44.6 Å². The van der Waals surface area contributed by atoms with Gasteiger partial charge in [0.25, 0.3) is 0 Å². The first-order chi connectivity index (χ1) is 10.0. The van der Waals surface area contributed by atoms with Crippen molar-refractivity contribution in [2.24, 2.45) is 5.92 Å². The molecule has 0 saturated carbocycles. The van der Waals surface area contributed by atoms with Crippen LogP contribution in [0.1, 0.15) is 22.0 Å². The molecule has 0 fully saturated rings. The van der Waals surface area contributed by atoms with E-state index in [0.29, 0.717) is 5.69 Å². The Hall–Kier alpha value is -1.46. The first-order valence-corrected chi connectivity index (χ1v) is 7.93. The van der Waals surface area contributed by atoms with Gasteiger partial charge in [0.05, 0.1) is 15.7 Å². The summed E-state index contributed by atoms with van der Waals surface area (Å²) >= 11 is 7.38. The number of carbonyl (C=O) groups excluding carboxylic acids is 1. The average molecular weight is 325 g/mol. The Kier molecular flexibility index (Phi) is 3.95. The van der Waals surface area contributed by atoms with E-state index in [0.717, 1.165) is 30.0 Å². The van der Waals surface area contributed by atoms with Gasteiger partial charge in [-0.2, -0.15) is 0 Å². The highest BCUT2D eigenvalue weighted by Crippen LogP contribution is 2.30. The molecule has 6 heteroatoms. The predicted octanol–water partition coefficient (Wildman–Crippen LogP) is 3.99. The molecule has 1 aliphatic carbocycles. The van der Waals surface area contributed by atoms with Crippen LogP contribution < -0.4 is 5.32 Å². The number of nitrogens with zero attached hydrogens (tertiary/aromatic N) is 1. The Morgan fingerprint density at radius 2 is 2.33 bits per heavy atom. The summed E-state index contributed by atoms with van der Waals surface area (Å²) in [7, 11) is 0. The molecule has 3 nitrogen and oxygen atoms in total. The predicted molar refractivity (Wildman–Crippen MR) is 82.4 cm³/mol. The first kappa shape index (κ1) is 14.5. The second-order valence-electron chi connectivity index (χ2n) is 5.16. The van der Waals surface area contributed by atoms with Crippen molar-refractivity contribution in [3.8, 4) is 0 Å². The number of halogens is 2. The highest BCUT2D eigenvalue weighted by Gasteiger charge is 2.27. The van der Waals surface area contributed by atoms with Crippen LogP contribution in [-0.4, -0.2) is 10.9 Å². The maximum Gasteiger partial charge on any atom is 0.227 e. The topological polar surface area (TPSA) is 42.0 Å². The molecular formula is C15H14ClFN2OS. The van der Waals surface area contributed by atoms with Gasteiger partial charge in [0.2, 0.25) is 5.91 Å². The highest BCUT2D eigenvalue weighted by atomic mass is 35.5. The van der Waals surface area contributed by atoms with Crippen molar-refractivity contribution in [3.63, 3.8) is 0 Å². The van der Waals surface area contributed by atoms with Gasteiger partial charge in [0.15, 0.2) is 0 Å². The number of thiazole rings is 1. The molecule has 1 amide bonds. The third kappa shape index (κ3) is 3.09. The molecular weight excluding hydrogens is 311 g/mol. The molecule has 2 aromatic rings. The molecule has 3 rings (SSSR count). The molecule has 1 aromatic carbocycles. The number of benzene rings is 1. The highest BCUT2D eigenvalue weighted by molar-refractivity contribution is 7.11. The van der Waals surface area contributed by atoms with E-state index in [4.69, 9.17) is 11.6 Å². The SMILES string of the molecule is Cc1nc2c(s1)CC(C(=O)Nc1ccc(F)c(Cl)c1)CC2. The molecule has 1 aromatic heterocycles. The standard InChI is InChI=1S/C15H14ClFN2OS/c1-8-18-13-5-2-9(6-14(13)21-8)15(20)19-10-3-4-12(17)11(16)7-10/h3-4,7,9H,2,5-6H2,1H3,(H,19,20). The van der Waals surface area contributed by atoms with Crippen LogP contribution in [0.2, 0.25) is 5.02 Å². The van der Waals surface area contributed by atoms with Gasteiger partial charge in [-0.15, -0.1) is 11.3 Å². The fraction of sp³-hybridized carbons (Fsp3) is 0.333. The Bertz CT molecular complexity index is 701. The lowest BCUT2D eigenvalue weighted by atomic mass is 9.90. The van der Waals surface area contributed by atoms with Crippen LogP contribution in [0.5, 0.6) is 0 Å². The molecule has 0 radical (unpaired) electrons. The molecule has 1 N–H and O–H groups in total. The summed E-state index contributed by atoms with van der Waals surface area (Å²) in [6, 6.07) is 4.20. The summed E-state index contributed by atoms with van der Waals surface area (Å²) < 4.78 is 13.1. The average Bonchev–Trinajstić information content (AvgIpc) is 2.82. The monoisotopic (exact) mass is 324 g/mol. The fourth-order valence-corrected chi connectivity index (χ4v) is 3.79. The van der Waals surface area contributed by atoms with Gasteiger partial charge in [0, 0.05) is 16.5 Å². The Morgan fingerprint density at radius 1 is 1.52 bits per heavy atom. The minimum Gasteiger partial charge on any atom is -0.326 e. The lowest BCUT2D eigenvalue weighted by Crippen LogP contribution is -2.27. The quantitative estimate of drug-likeness (QED) is 0.907. The van der Waals surface area contributed by atoms with Gasteiger partial charge in [0.1, 0.15) is 5.82 Å². The summed E-state index contributed by atoms with van der Waals surface area (Å²) in [5, 5.41) is 3.87. The van der Waals surface area contributed by atoms with Crippen LogP contribution in [0, 0.1) is 18.7 Å². The van der Waals surface area contributed by atoms with Crippen LogP contribution in [0.25, 0.3) is 0 Å². The van der Waals surface area contributed by atoms with Crippen LogP contribution in [0.4, 0.5) is 10.1 Å². The summed E-state index contributed by atoms with van der Waals surface area (Å²) in [4.78, 5) is 18.0. The van der Waals surface area contributed by atoms with E-state index in [1.54, 1.807) is 11.3 Å². The van der Waals surface area contributed by atoms with Gasteiger partial charge < -0.3 is 5.32 Å². The minimum absolute atomic E-state index is 0.0109. The van der Waals surface area contributed by atoms with E-state index >= 15 is 0 Å². The number of hydrogen-bond donors (Lipinski definition) is 1. The van der Waals surface area contributed by atoms with E-state index < -0.39 is 5.82 Å². The van der Waals surface area contributed by atoms with Crippen molar-refractivity contribution < 1.29 is 9.18 Å².